The largest absolute Gasteiger partial charge is 0.493 e. The van der Waals surface area contributed by atoms with Crippen molar-refractivity contribution in [3.05, 3.63) is 48.2 Å². The zero-order chi connectivity index (χ0) is 19.8. The fraction of sp³-hybridized carbons (Fsp3) is 0.381. The smallest absolute Gasteiger partial charge is 0.171 e. The lowest BCUT2D eigenvalue weighted by atomic mass is 10.1. The lowest BCUT2D eigenvalue weighted by Gasteiger charge is -2.13. The van der Waals surface area contributed by atoms with Crippen LogP contribution in [0.5, 0.6) is 17.2 Å². The van der Waals surface area contributed by atoms with Crippen molar-refractivity contribution in [3.8, 4) is 17.2 Å². The van der Waals surface area contributed by atoms with Crippen LogP contribution in [0.4, 0.5) is 0 Å². The van der Waals surface area contributed by atoms with Gasteiger partial charge in [0.15, 0.2) is 17.1 Å². The maximum atomic E-state index is 10.0. The SMILES string of the molecule is COc1cc2onc(CCCNCC(O)COc3ccccc3)c2cc1OC. The summed E-state index contributed by atoms with van der Waals surface area (Å²) in [6.45, 7) is 1.48. The molecular formula is C21H26N2O5. The van der Waals surface area contributed by atoms with Crippen LogP contribution >= 0.6 is 0 Å². The first-order chi connectivity index (χ1) is 13.7. The summed E-state index contributed by atoms with van der Waals surface area (Å²) in [7, 11) is 3.19. The van der Waals surface area contributed by atoms with Crippen LogP contribution in [0.2, 0.25) is 0 Å². The molecule has 0 amide bonds. The molecule has 0 aliphatic carbocycles. The Bertz CT molecular complexity index is 866. The Hall–Kier alpha value is -2.77. The fourth-order valence-corrected chi connectivity index (χ4v) is 2.91. The normalized spacial score (nSPS) is 12.1. The average molecular weight is 386 g/mol. The van der Waals surface area contributed by atoms with Crippen molar-refractivity contribution in [1.29, 1.82) is 0 Å². The Kier molecular flexibility index (Phi) is 7.11. The Morgan fingerprint density at radius 2 is 1.86 bits per heavy atom. The summed E-state index contributed by atoms with van der Waals surface area (Å²) in [5, 5.41) is 18.3. The molecule has 28 heavy (non-hydrogen) atoms. The lowest BCUT2D eigenvalue weighted by molar-refractivity contribution is 0.106. The third kappa shape index (κ3) is 5.15. The van der Waals surface area contributed by atoms with Crippen molar-refractivity contribution >= 4 is 11.0 Å². The molecule has 7 heteroatoms. The van der Waals surface area contributed by atoms with E-state index in [0.717, 1.165) is 36.2 Å². The van der Waals surface area contributed by atoms with Crippen LogP contribution in [0.15, 0.2) is 47.0 Å². The Morgan fingerprint density at radius 1 is 1.11 bits per heavy atom. The number of hydrogen-bond acceptors (Lipinski definition) is 7. The van der Waals surface area contributed by atoms with E-state index in [-0.39, 0.29) is 6.61 Å². The Morgan fingerprint density at radius 3 is 2.61 bits per heavy atom. The van der Waals surface area contributed by atoms with Gasteiger partial charge in [-0.15, -0.1) is 0 Å². The number of nitrogens with zero attached hydrogens (tertiary/aromatic N) is 1. The molecule has 7 nitrogen and oxygen atoms in total. The molecule has 0 bridgehead atoms. The predicted molar refractivity (Wildman–Crippen MR) is 106 cm³/mol. The quantitative estimate of drug-likeness (QED) is 0.490. The summed E-state index contributed by atoms with van der Waals surface area (Å²) in [5.74, 6) is 2.02. The highest BCUT2D eigenvalue weighted by molar-refractivity contribution is 5.83. The zero-order valence-electron chi connectivity index (χ0n) is 16.2. The predicted octanol–water partition coefficient (Wildman–Crippen LogP) is 2.81. The molecule has 1 atom stereocenters. The van der Waals surface area contributed by atoms with Crippen molar-refractivity contribution in [3.63, 3.8) is 0 Å². The first kappa shape index (κ1) is 20.0. The fourth-order valence-electron chi connectivity index (χ4n) is 2.91. The minimum Gasteiger partial charge on any atom is -0.493 e. The number of aromatic nitrogens is 1. The lowest BCUT2D eigenvalue weighted by Crippen LogP contribution is -2.32. The molecule has 0 radical (unpaired) electrons. The van der Waals surface area contributed by atoms with Gasteiger partial charge in [-0.2, -0.15) is 0 Å². The molecule has 0 aliphatic heterocycles. The number of fused-ring (bicyclic) bond motifs is 1. The number of methoxy groups -OCH3 is 2. The van der Waals surface area contributed by atoms with Gasteiger partial charge in [-0.1, -0.05) is 23.4 Å². The highest BCUT2D eigenvalue weighted by atomic mass is 16.5. The number of benzene rings is 2. The van der Waals surface area contributed by atoms with Gasteiger partial charge in [0.2, 0.25) is 0 Å². The summed E-state index contributed by atoms with van der Waals surface area (Å²) in [6, 6.07) is 13.1. The molecule has 3 rings (SSSR count). The van der Waals surface area contributed by atoms with Crippen LogP contribution in [-0.4, -0.2) is 50.3 Å². The second kappa shape index (κ2) is 9.96. The van der Waals surface area contributed by atoms with Gasteiger partial charge in [0, 0.05) is 18.0 Å². The Labute approximate surface area is 164 Å². The summed E-state index contributed by atoms with van der Waals surface area (Å²) in [6.07, 6.45) is 1.05. The van der Waals surface area contributed by atoms with E-state index in [0.29, 0.717) is 23.6 Å². The van der Waals surface area contributed by atoms with E-state index < -0.39 is 6.10 Å². The minimum atomic E-state index is -0.565. The number of ether oxygens (including phenoxy) is 3. The molecule has 3 aromatic rings. The van der Waals surface area contributed by atoms with Gasteiger partial charge in [0.1, 0.15) is 18.5 Å². The van der Waals surface area contributed by atoms with Crippen molar-refractivity contribution in [2.75, 3.05) is 33.9 Å². The maximum absolute atomic E-state index is 10.0. The van der Waals surface area contributed by atoms with Crippen molar-refractivity contribution in [2.24, 2.45) is 0 Å². The second-order valence-corrected chi connectivity index (χ2v) is 6.42. The maximum Gasteiger partial charge on any atom is 0.171 e. The van der Waals surface area contributed by atoms with Crippen LogP contribution in [0.1, 0.15) is 12.1 Å². The number of aliphatic hydroxyl groups is 1. The molecule has 150 valence electrons. The van der Waals surface area contributed by atoms with Gasteiger partial charge in [0.25, 0.3) is 0 Å². The molecule has 2 aromatic carbocycles. The second-order valence-electron chi connectivity index (χ2n) is 6.42. The average Bonchev–Trinajstić information content (AvgIpc) is 3.13. The van der Waals surface area contributed by atoms with Crippen molar-refractivity contribution in [2.45, 2.75) is 18.9 Å². The molecule has 0 spiro atoms. The number of rotatable bonds is 11. The van der Waals surface area contributed by atoms with Crippen LogP contribution in [0.25, 0.3) is 11.0 Å². The first-order valence-corrected chi connectivity index (χ1v) is 9.28. The highest BCUT2D eigenvalue weighted by Gasteiger charge is 2.13. The molecule has 1 heterocycles. The molecule has 0 aliphatic rings. The van der Waals surface area contributed by atoms with Gasteiger partial charge >= 0.3 is 0 Å². The summed E-state index contributed by atoms with van der Waals surface area (Å²) < 4.78 is 21.6. The van der Waals surface area contributed by atoms with Crippen LogP contribution in [0.3, 0.4) is 0 Å². The van der Waals surface area contributed by atoms with E-state index in [1.165, 1.54) is 0 Å². The molecule has 2 N–H and O–H groups in total. The van der Waals surface area contributed by atoms with E-state index in [2.05, 4.69) is 10.5 Å². The van der Waals surface area contributed by atoms with Crippen LogP contribution in [-0.2, 0) is 6.42 Å². The topological polar surface area (TPSA) is 86.0 Å². The van der Waals surface area contributed by atoms with Gasteiger partial charge in [-0.05, 0) is 37.6 Å². The summed E-state index contributed by atoms with van der Waals surface area (Å²) >= 11 is 0. The van der Waals surface area contributed by atoms with E-state index in [1.807, 2.05) is 36.4 Å². The van der Waals surface area contributed by atoms with Crippen molar-refractivity contribution < 1.29 is 23.8 Å². The molecule has 1 unspecified atom stereocenters. The molecular weight excluding hydrogens is 360 g/mol. The number of hydrogen-bond donors (Lipinski definition) is 2. The molecule has 0 saturated heterocycles. The zero-order valence-corrected chi connectivity index (χ0v) is 16.2. The van der Waals surface area contributed by atoms with E-state index in [1.54, 1.807) is 20.3 Å². The van der Waals surface area contributed by atoms with Gasteiger partial charge in [-0.3, -0.25) is 0 Å². The highest BCUT2D eigenvalue weighted by Crippen LogP contribution is 2.33. The monoisotopic (exact) mass is 386 g/mol. The van der Waals surface area contributed by atoms with E-state index in [4.69, 9.17) is 18.7 Å². The number of nitrogens with one attached hydrogen (secondary N) is 1. The molecule has 0 fully saturated rings. The van der Waals surface area contributed by atoms with E-state index >= 15 is 0 Å². The molecule has 0 saturated carbocycles. The summed E-state index contributed by atoms with van der Waals surface area (Å²) in [5.41, 5.74) is 1.56. The Balaban J connectivity index is 1.41. The minimum absolute atomic E-state index is 0.257. The van der Waals surface area contributed by atoms with Gasteiger partial charge in [0.05, 0.1) is 19.9 Å². The standard InChI is InChI=1S/C21H26N2O5/c1-25-20-11-17-18(23-28-19(17)12-21(20)26-2)9-6-10-22-13-15(24)14-27-16-7-4-3-5-8-16/h3-5,7-8,11-12,15,22,24H,6,9-10,13-14H2,1-2H3. The van der Waals surface area contributed by atoms with Crippen LogP contribution in [0, 0.1) is 0 Å². The van der Waals surface area contributed by atoms with Gasteiger partial charge < -0.3 is 29.2 Å². The third-order valence-corrected chi connectivity index (χ3v) is 4.38. The van der Waals surface area contributed by atoms with Gasteiger partial charge in [-0.25, -0.2) is 0 Å². The van der Waals surface area contributed by atoms with Crippen LogP contribution < -0.4 is 19.5 Å². The number of aliphatic hydroxyl groups excluding tert-OH is 1. The third-order valence-electron chi connectivity index (χ3n) is 4.38. The first-order valence-electron chi connectivity index (χ1n) is 9.28. The van der Waals surface area contributed by atoms with Crippen molar-refractivity contribution in [1.82, 2.24) is 10.5 Å². The molecule has 1 aromatic heterocycles. The summed E-state index contributed by atoms with van der Waals surface area (Å²) in [4.78, 5) is 0. The number of para-hydroxylation sites is 1. The van der Waals surface area contributed by atoms with E-state index in [9.17, 15) is 5.11 Å². The number of aryl methyl sites for hydroxylation is 1.